The van der Waals surface area contributed by atoms with Crippen LogP contribution in [0.5, 0.6) is 0 Å². The highest BCUT2D eigenvalue weighted by Gasteiger charge is 2.19. The monoisotopic (exact) mass is 790 g/mol. The van der Waals surface area contributed by atoms with Gasteiger partial charge in [-0.2, -0.15) is 0 Å². The molecule has 2 nitrogen and oxygen atoms in total. The number of hydrogen-bond acceptors (Lipinski definition) is 2. The highest BCUT2D eigenvalue weighted by Crippen LogP contribution is 2.43. The van der Waals surface area contributed by atoms with Gasteiger partial charge in [0, 0.05) is 33.8 Å². The molecule has 292 valence electrons. The Balaban J connectivity index is 0.998. The summed E-state index contributed by atoms with van der Waals surface area (Å²) in [6.07, 6.45) is 0. The molecule has 11 rings (SSSR count). The predicted octanol–water partition coefficient (Wildman–Crippen LogP) is 17.1. The Morgan fingerprint density at radius 1 is 0.194 bits per heavy atom. The molecule has 0 heterocycles. The van der Waals surface area contributed by atoms with Crippen LogP contribution in [0, 0.1) is 0 Å². The van der Waals surface area contributed by atoms with Crippen molar-refractivity contribution in [1.29, 1.82) is 0 Å². The molecule has 0 saturated heterocycles. The second kappa shape index (κ2) is 16.1. The largest absolute Gasteiger partial charge is 0.310 e. The molecule has 0 radical (unpaired) electrons. The van der Waals surface area contributed by atoms with E-state index in [1.54, 1.807) is 0 Å². The maximum atomic E-state index is 2.42. The Morgan fingerprint density at radius 2 is 0.597 bits per heavy atom. The zero-order chi connectivity index (χ0) is 41.2. The molecule has 0 amide bonds. The Bertz CT molecular complexity index is 3200. The fourth-order valence-corrected chi connectivity index (χ4v) is 8.85. The van der Waals surface area contributed by atoms with Gasteiger partial charge in [-0.15, -0.1) is 0 Å². The Labute approximate surface area is 362 Å². The summed E-state index contributed by atoms with van der Waals surface area (Å²) in [4.78, 5) is 4.78. The van der Waals surface area contributed by atoms with Gasteiger partial charge in [-0.05, 0) is 133 Å². The molecule has 0 aliphatic rings. The number of benzene rings is 11. The van der Waals surface area contributed by atoms with Crippen molar-refractivity contribution in [3.8, 4) is 33.4 Å². The summed E-state index contributed by atoms with van der Waals surface area (Å²) >= 11 is 0. The maximum absolute atomic E-state index is 2.42. The van der Waals surface area contributed by atoms with E-state index in [1.165, 1.54) is 54.6 Å². The van der Waals surface area contributed by atoms with E-state index in [4.69, 9.17) is 0 Å². The van der Waals surface area contributed by atoms with E-state index in [1.807, 2.05) is 0 Å². The molecule has 0 unspecified atom stereocenters. The molecule has 0 aliphatic heterocycles. The van der Waals surface area contributed by atoms with E-state index in [0.717, 1.165) is 45.3 Å². The summed E-state index contributed by atoms with van der Waals surface area (Å²) in [5.74, 6) is 0. The van der Waals surface area contributed by atoms with Gasteiger partial charge in [0.1, 0.15) is 0 Å². The first kappa shape index (κ1) is 36.8. The lowest BCUT2D eigenvalue weighted by Crippen LogP contribution is -2.11. The Morgan fingerprint density at radius 3 is 1.13 bits per heavy atom. The van der Waals surface area contributed by atoms with Crippen LogP contribution in [0.25, 0.3) is 65.7 Å². The average molecular weight is 791 g/mol. The highest BCUT2D eigenvalue weighted by molar-refractivity contribution is 6.00. The van der Waals surface area contributed by atoms with Gasteiger partial charge in [-0.1, -0.05) is 182 Å². The van der Waals surface area contributed by atoms with E-state index in [9.17, 15) is 0 Å². The van der Waals surface area contributed by atoms with Gasteiger partial charge >= 0.3 is 0 Å². The molecular formula is C60H42N2. The van der Waals surface area contributed by atoms with Gasteiger partial charge in [-0.3, -0.25) is 0 Å². The van der Waals surface area contributed by atoms with Crippen LogP contribution in [0.4, 0.5) is 34.1 Å². The van der Waals surface area contributed by atoms with Crippen LogP contribution in [0.1, 0.15) is 0 Å². The third kappa shape index (κ3) is 7.14. The predicted molar refractivity (Wildman–Crippen MR) is 265 cm³/mol. The summed E-state index contributed by atoms with van der Waals surface area (Å²) in [5.41, 5.74) is 13.7. The van der Waals surface area contributed by atoms with E-state index >= 15 is 0 Å². The lowest BCUT2D eigenvalue weighted by atomic mass is 9.96. The quantitative estimate of drug-likeness (QED) is 0.144. The number of hydrogen-bond donors (Lipinski definition) is 0. The van der Waals surface area contributed by atoms with Crippen LogP contribution in [-0.4, -0.2) is 0 Å². The van der Waals surface area contributed by atoms with Gasteiger partial charge in [0.25, 0.3) is 0 Å². The molecular weight excluding hydrogens is 749 g/mol. The first-order chi connectivity index (χ1) is 30.7. The van der Waals surface area contributed by atoms with Crippen molar-refractivity contribution in [3.05, 3.63) is 255 Å². The normalized spacial score (nSPS) is 11.2. The molecule has 0 fully saturated rings. The van der Waals surface area contributed by atoms with Crippen LogP contribution in [0.15, 0.2) is 255 Å². The maximum Gasteiger partial charge on any atom is 0.0540 e. The van der Waals surface area contributed by atoms with Crippen LogP contribution in [-0.2, 0) is 0 Å². The Hall–Kier alpha value is -8.20. The SMILES string of the molecule is c1ccc(-c2cc(-c3ccccc3)cc(N(c3ccc(-c4ccc(N(c5ccc6ccccc6c5)c5ccc6ccccc6c5)cc4)cc3)c3cccc4ccccc34)c2)cc1. The molecule has 11 aromatic rings. The third-order valence-corrected chi connectivity index (χ3v) is 12.0. The summed E-state index contributed by atoms with van der Waals surface area (Å²) in [6.45, 7) is 0. The second-order valence-corrected chi connectivity index (χ2v) is 15.8. The van der Waals surface area contributed by atoms with Crippen molar-refractivity contribution < 1.29 is 0 Å². The van der Waals surface area contributed by atoms with Crippen molar-refractivity contribution in [1.82, 2.24) is 0 Å². The van der Waals surface area contributed by atoms with Gasteiger partial charge in [0.2, 0.25) is 0 Å². The zero-order valence-electron chi connectivity index (χ0n) is 34.1. The average Bonchev–Trinajstić information content (AvgIpc) is 3.35. The minimum atomic E-state index is 1.09. The van der Waals surface area contributed by atoms with Crippen LogP contribution in [0.3, 0.4) is 0 Å². The topological polar surface area (TPSA) is 6.48 Å². The third-order valence-electron chi connectivity index (χ3n) is 12.0. The van der Waals surface area contributed by atoms with Crippen molar-refractivity contribution >= 4 is 66.4 Å². The van der Waals surface area contributed by atoms with E-state index in [-0.39, 0.29) is 0 Å². The number of anilines is 6. The molecule has 0 saturated carbocycles. The van der Waals surface area contributed by atoms with Crippen molar-refractivity contribution in [2.75, 3.05) is 9.80 Å². The van der Waals surface area contributed by atoms with E-state index in [2.05, 4.69) is 265 Å². The van der Waals surface area contributed by atoms with Crippen molar-refractivity contribution in [2.24, 2.45) is 0 Å². The van der Waals surface area contributed by atoms with Gasteiger partial charge in [0.15, 0.2) is 0 Å². The van der Waals surface area contributed by atoms with Crippen molar-refractivity contribution in [2.45, 2.75) is 0 Å². The highest BCUT2D eigenvalue weighted by atomic mass is 15.1. The summed E-state index contributed by atoms with van der Waals surface area (Å²) in [7, 11) is 0. The minimum absolute atomic E-state index is 1.09. The van der Waals surface area contributed by atoms with Gasteiger partial charge < -0.3 is 9.80 Å². The molecule has 0 aliphatic carbocycles. The van der Waals surface area contributed by atoms with Crippen LogP contribution >= 0.6 is 0 Å². The molecule has 0 N–H and O–H groups in total. The van der Waals surface area contributed by atoms with E-state index in [0.29, 0.717) is 0 Å². The zero-order valence-corrected chi connectivity index (χ0v) is 34.1. The van der Waals surface area contributed by atoms with Gasteiger partial charge in [-0.25, -0.2) is 0 Å². The number of fused-ring (bicyclic) bond motifs is 3. The first-order valence-corrected chi connectivity index (χ1v) is 21.2. The fourth-order valence-electron chi connectivity index (χ4n) is 8.85. The summed E-state index contributed by atoms with van der Waals surface area (Å²) < 4.78 is 0. The smallest absolute Gasteiger partial charge is 0.0540 e. The van der Waals surface area contributed by atoms with Crippen LogP contribution in [0.2, 0.25) is 0 Å². The van der Waals surface area contributed by atoms with Crippen LogP contribution < -0.4 is 9.80 Å². The lowest BCUT2D eigenvalue weighted by molar-refractivity contribution is 1.29. The summed E-state index contributed by atoms with van der Waals surface area (Å²) in [6, 6.07) is 92.2. The number of nitrogens with zero attached hydrogens (tertiary/aromatic N) is 2. The molecule has 2 heteroatoms. The fraction of sp³-hybridized carbons (Fsp3) is 0. The molecule has 0 atom stereocenters. The Kier molecular flexibility index (Phi) is 9.57. The standard InChI is InChI=1S/C60H42N2/c1-3-14-43(15-4-1)52-38-53(44-16-5-2-6-17-44)42-58(41-52)62(60-25-13-23-49-20-11-12-24-59(49)60)55-34-28-48(29-35-55)47-26-32-54(33-27-47)61(56-36-30-45-18-7-9-21-50(45)39-56)57-37-31-46-19-8-10-22-51(46)40-57/h1-42H. The molecule has 62 heavy (non-hydrogen) atoms. The second-order valence-electron chi connectivity index (χ2n) is 15.8. The summed E-state index contributed by atoms with van der Waals surface area (Å²) in [5, 5.41) is 7.29. The molecule has 0 bridgehead atoms. The first-order valence-electron chi connectivity index (χ1n) is 21.2. The van der Waals surface area contributed by atoms with Gasteiger partial charge in [0.05, 0.1) is 5.69 Å². The van der Waals surface area contributed by atoms with Crippen molar-refractivity contribution in [3.63, 3.8) is 0 Å². The van der Waals surface area contributed by atoms with E-state index < -0.39 is 0 Å². The lowest BCUT2D eigenvalue weighted by Gasteiger charge is -2.28. The molecule has 0 aromatic heterocycles. The molecule has 0 spiro atoms. The molecule has 11 aromatic carbocycles. The number of rotatable bonds is 9. The minimum Gasteiger partial charge on any atom is -0.310 e.